The largest absolute Gasteiger partial charge is 0.355 e. The van der Waals surface area contributed by atoms with Crippen molar-refractivity contribution in [3.63, 3.8) is 0 Å². The van der Waals surface area contributed by atoms with E-state index in [4.69, 9.17) is 11.6 Å². The summed E-state index contributed by atoms with van der Waals surface area (Å²) in [6, 6.07) is 13.4. The summed E-state index contributed by atoms with van der Waals surface area (Å²) in [4.78, 5) is 20.1. The summed E-state index contributed by atoms with van der Waals surface area (Å²) < 4.78 is 1.89. The van der Waals surface area contributed by atoms with E-state index < -0.39 is 0 Å². The van der Waals surface area contributed by atoms with Crippen LogP contribution in [-0.2, 0) is 7.05 Å². The zero-order chi connectivity index (χ0) is 18.3. The second kappa shape index (κ2) is 6.35. The molecule has 0 radical (unpaired) electrons. The van der Waals surface area contributed by atoms with Crippen LogP contribution in [0.4, 0.5) is 0 Å². The van der Waals surface area contributed by atoms with Crippen molar-refractivity contribution in [1.29, 1.82) is 0 Å². The smallest absolute Gasteiger partial charge is 0.251 e. The minimum Gasteiger partial charge on any atom is -0.355 e. The fourth-order valence-electron chi connectivity index (χ4n) is 3.06. The first-order valence-corrected chi connectivity index (χ1v) is 8.56. The van der Waals surface area contributed by atoms with E-state index in [1.54, 1.807) is 13.4 Å². The molecule has 0 spiro atoms. The first kappa shape index (κ1) is 16.4. The zero-order valence-electron chi connectivity index (χ0n) is 14.4. The van der Waals surface area contributed by atoms with Crippen molar-refractivity contribution in [2.45, 2.75) is 0 Å². The number of benzene rings is 2. The fourth-order valence-corrected chi connectivity index (χ4v) is 3.18. The van der Waals surface area contributed by atoms with Gasteiger partial charge in [0.15, 0.2) is 0 Å². The van der Waals surface area contributed by atoms with Crippen molar-refractivity contribution in [3.05, 3.63) is 65.6 Å². The fraction of sp³-hybridized carbons (Fsp3) is 0.100. The van der Waals surface area contributed by atoms with Crippen LogP contribution >= 0.6 is 11.6 Å². The number of nitrogens with one attached hydrogen (secondary N) is 2. The van der Waals surface area contributed by atoms with Gasteiger partial charge in [-0.05, 0) is 35.9 Å². The Morgan fingerprint density at radius 2 is 1.96 bits per heavy atom. The lowest BCUT2D eigenvalue weighted by Crippen LogP contribution is -2.17. The Labute approximate surface area is 155 Å². The zero-order valence-corrected chi connectivity index (χ0v) is 15.1. The molecule has 0 saturated carbocycles. The van der Waals surface area contributed by atoms with E-state index in [0.29, 0.717) is 10.6 Å². The molecule has 0 fully saturated rings. The molecule has 5 nitrogen and oxygen atoms in total. The number of aromatic amines is 1. The molecule has 0 aliphatic carbocycles. The predicted molar refractivity (Wildman–Crippen MR) is 104 cm³/mol. The van der Waals surface area contributed by atoms with Crippen LogP contribution in [0.15, 0.2) is 55.0 Å². The molecule has 2 N–H and O–H groups in total. The van der Waals surface area contributed by atoms with Crippen LogP contribution in [0.1, 0.15) is 10.4 Å². The SMILES string of the molecule is CNC(=O)c1cc(-c2cn(C)cn2)c2[nH]c(-c3ccc(Cl)cc3)cc2c1. The highest BCUT2D eigenvalue weighted by Crippen LogP contribution is 2.32. The van der Waals surface area contributed by atoms with Gasteiger partial charge in [0.05, 0.1) is 17.5 Å². The summed E-state index contributed by atoms with van der Waals surface area (Å²) in [6.07, 6.45) is 3.68. The van der Waals surface area contributed by atoms with E-state index >= 15 is 0 Å². The van der Waals surface area contributed by atoms with Crippen molar-refractivity contribution >= 4 is 28.4 Å². The van der Waals surface area contributed by atoms with Crippen molar-refractivity contribution < 1.29 is 4.79 Å². The molecule has 4 aromatic rings. The standard InChI is InChI=1S/C20H17ClN4O/c1-22-20(26)14-7-13-9-17(12-3-5-15(21)6-4-12)24-19(13)16(8-14)18-10-25(2)11-23-18/h3-11,24H,1-2H3,(H,22,26). The van der Waals surface area contributed by atoms with Crippen molar-refractivity contribution in [3.8, 4) is 22.5 Å². The number of fused-ring (bicyclic) bond motifs is 1. The number of H-pyrrole nitrogens is 1. The Morgan fingerprint density at radius 1 is 1.19 bits per heavy atom. The number of amides is 1. The van der Waals surface area contributed by atoms with Crippen molar-refractivity contribution in [2.75, 3.05) is 7.05 Å². The number of hydrogen-bond acceptors (Lipinski definition) is 2. The average Bonchev–Trinajstić information content (AvgIpc) is 3.26. The molecule has 2 heterocycles. The lowest BCUT2D eigenvalue weighted by molar-refractivity contribution is 0.0963. The summed E-state index contributed by atoms with van der Waals surface area (Å²) in [5.74, 6) is -0.127. The molecule has 0 atom stereocenters. The molecule has 1 amide bonds. The van der Waals surface area contributed by atoms with Gasteiger partial charge in [0, 0.05) is 47.5 Å². The second-order valence-corrected chi connectivity index (χ2v) is 6.62. The molecule has 0 unspecified atom stereocenters. The van der Waals surface area contributed by atoms with Crippen LogP contribution in [0, 0.1) is 0 Å². The first-order valence-electron chi connectivity index (χ1n) is 8.18. The number of hydrogen-bond donors (Lipinski definition) is 2. The van der Waals surface area contributed by atoms with Gasteiger partial charge in [0.25, 0.3) is 5.91 Å². The summed E-state index contributed by atoms with van der Waals surface area (Å²) in [6.45, 7) is 0. The van der Waals surface area contributed by atoms with Crippen LogP contribution in [-0.4, -0.2) is 27.5 Å². The molecule has 6 heteroatoms. The van der Waals surface area contributed by atoms with Gasteiger partial charge < -0.3 is 14.9 Å². The Kier molecular flexibility index (Phi) is 4.01. The number of imidazole rings is 1. The van der Waals surface area contributed by atoms with Crippen LogP contribution in [0.2, 0.25) is 5.02 Å². The maximum absolute atomic E-state index is 12.2. The molecule has 130 valence electrons. The van der Waals surface area contributed by atoms with Gasteiger partial charge in [-0.1, -0.05) is 23.7 Å². The van der Waals surface area contributed by atoms with Gasteiger partial charge in [-0.2, -0.15) is 0 Å². The van der Waals surface area contributed by atoms with Crippen LogP contribution < -0.4 is 5.32 Å². The second-order valence-electron chi connectivity index (χ2n) is 6.18. The lowest BCUT2D eigenvalue weighted by Gasteiger charge is -2.05. The number of halogens is 1. The monoisotopic (exact) mass is 364 g/mol. The van der Waals surface area contributed by atoms with Gasteiger partial charge in [-0.15, -0.1) is 0 Å². The third-order valence-corrected chi connectivity index (χ3v) is 4.61. The predicted octanol–water partition coefficient (Wildman–Crippen LogP) is 4.25. The quantitative estimate of drug-likeness (QED) is 0.571. The summed E-state index contributed by atoms with van der Waals surface area (Å²) in [7, 11) is 3.55. The molecule has 2 aromatic carbocycles. The molecule has 26 heavy (non-hydrogen) atoms. The molecular weight excluding hydrogens is 348 g/mol. The molecule has 0 aliphatic rings. The molecule has 2 aromatic heterocycles. The van der Waals surface area contributed by atoms with Crippen LogP contribution in [0.5, 0.6) is 0 Å². The third-order valence-electron chi connectivity index (χ3n) is 4.35. The highest BCUT2D eigenvalue weighted by molar-refractivity contribution is 6.30. The molecular formula is C20H17ClN4O. The van der Waals surface area contributed by atoms with Gasteiger partial charge in [-0.25, -0.2) is 4.98 Å². The molecule has 4 rings (SSSR count). The van der Waals surface area contributed by atoms with Gasteiger partial charge >= 0.3 is 0 Å². The molecule has 0 saturated heterocycles. The topological polar surface area (TPSA) is 62.7 Å². The average molecular weight is 365 g/mol. The number of aromatic nitrogens is 3. The van der Waals surface area contributed by atoms with Crippen molar-refractivity contribution in [2.24, 2.45) is 7.05 Å². The number of nitrogens with zero attached hydrogens (tertiary/aromatic N) is 2. The maximum Gasteiger partial charge on any atom is 0.251 e. The number of carbonyl (C=O) groups is 1. The first-order chi connectivity index (χ1) is 12.5. The normalized spacial score (nSPS) is 11.0. The maximum atomic E-state index is 12.2. The van der Waals surface area contributed by atoms with Crippen molar-refractivity contribution in [1.82, 2.24) is 19.9 Å². The van der Waals surface area contributed by atoms with Crippen LogP contribution in [0.3, 0.4) is 0 Å². The molecule has 0 aliphatic heterocycles. The van der Waals surface area contributed by atoms with Crippen LogP contribution in [0.25, 0.3) is 33.4 Å². The van der Waals surface area contributed by atoms with E-state index in [9.17, 15) is 4.79 Å². The Bertz CT molecular complexity index is 1110. The van der Waals surface area contributed by atoms with Gasteiger partial charge in [0.2, 0.25) is 0 Å². The lowest BCUT2D eigenvalue weighted by atomic mass is 10.0. The Hall–Kier alpha value is -3.05. The minimum atomic E-state index is -0.127. The number of aryl methyl sites for hydroxylation is 1. The van der Waals surface area contributed by atoms with E-state index in [2.05, 4.69) is 15.3 Å². The molecule has 0 bridgehead atoms. The summed E-state index contributed by atoms with van der Waals surface area (Å²) in [5, 5.41) is 4.34. The van der Waals surface area contributed by atoms with E-state index in [0.717, 1.165) is 33.4 Å². The number of carbonyl (C=O) groups excluding carboxylic acids is 1. The van der Waals surface area contributed by atoms with E-state index in [-0.39, 0.29) is 5.91 Å². The highest BCUT2D eigenvalue weighted by Gasteiger charge is 2.15. The third kappa shape index (κ3) is 2.86. The van der Waals surface area contributed by atoms with E-state index in [1.165, 1.54) is 0 Å². The summed E-state index contributed by atoms with van der Waals surface area (Å²) >= 11 is 5.99. The van der Waals surface area contributed by atoms with Gasteiger partial charge in [0.1, 0.15) is 0 Å². The number of rotatable bonds is 3. The Morgan fingerprint density at radius 3 is 2.62 bits per heavy atom. The van der Waals surface area contributed by atoms with E-state index in [1.807, 2.05) is 60.3 Å². The minimum absolute atomic E-state index is 0.127. The highest BCUT2D eigenvalue weighted by atomic mass is 35.5. The summed E-state index contributed by atoms with van der Waals surface area (Å²) in [5.41, 5.74) is 5.24. The van der Waals surface area contributed by atoms with Gasteiger partial charge in [-0.3, -0.25) is 4.79 Å². The Balaban J connectivity index is 1.95.